The minimum atomic E-state index is 0.0679. The zero-order valence-corrected chi connectivity index (χ0v) is 11.0. The van der Waals surface area contributed by atoms with Crippen molar-refractivity contribution in [2.45, 2.75) is 32.8 Å². The summed E-state index contributed by atoms with van der Waals surface area (Å²) in [5.41, 5.74) is 1.98. The fraction of sp³-hybridized carbons (Fsp3) is 0.750. The van der Waals surface area contributed by atoms with Gasteiger partial charge in [0, 0.05) is 6.54 Å². The van der Waals surface area contributed by atoms with E-state index in [4.69, 9.17) is 9.47 Å². The van der Waals surface area contributed by atoms with E-state index in [0.717, 1.165) is 24.2 Å². The fourth-order valence-electron chi connectivity index (χ4n) is 1.87. The molecule has 0 aliphatic carbocycles. The number of ether oxygens (including phenoxy) is 2. The van der Waals surface area contributed by atoms with Crippen molar-refractivity contribution in [3.05, 3.63) is 11.4 Å². The Morgan fingerprint density at radius 3 is 2.67 bits per heavy atom. The van der Waals surface area contributed by atoms with Crippen molar-refractivity contribution in [2.75, 3.05) is 31.7 Å². The Hall–Kier alpha value is -1.27. The molecule has 1 aromatic heterocycles. The van der Waals surface area contributed by atoms with Crippen LogP contribution in [0.2, 0.25) is 0 Å². The molecule has 2 heterocycles. The quantitative estimate of drug-likeness (QED) is 0.837. The van der Waals surface area contributed by atoms with Gasteiger partial charge < -0.3 is 14.8 Å². The lowest BCUT2D eigenvalue weighted by atomic mass is 10.2. The number of nitrogens with zero attached hydrogens (tertiary/aromatic N) is 3. The van der Waals surface area contributed by atoms with Gasteiger partial charge in [0.2, 0.25) is 5.95 Å². The molecule has 18 heavy (non-hydrogen) atoms. The Kier molecular flexibility index (Phi) is 4.83. The van der Waals surface area contributed by atoms with E-state index in [1.165, 1.54) is 0 Å². The Morgan fingerprint density at radius 1 is 1.17 bits per heavy atom. The van der Waals surface area contributed by atoms with E-state index >= 15 is 0 Å². The molecule has 1 N–H and O–H groups in total. The van der Waals surface area contributed by atoms with Gasteiger partial charge in [-0.05, 0) is 12.8 Å². The third-order valence-corrected chi connectivity index (χ3v) is 2.88. The normalized spacial score (nSPS) is 19.8. The maximum Gasteiger partial charge on any atom is 0.243 e. The van der Waals surface area contributed by atoms with E-state index < -0.39 is 0 Å². The molecule has 0 radical (unpaired) electrons. The molecule has 1 aliphatic heterocycles. The van der Waals surface area contributed by atoms with Gasteiger partial charge in [0.15, 0.2) is 0 Å². The molecule has 0 saturated carbocycles. The van der Waals surface area contributed by atoms with Crippen LogP contribution in [0.5, 0.6) is 0 Å². The Balaban J connectivity index is 1.92. The van der Waals surface area contributed by atoms with Crippen molar-refractivity contribution >= 4 is 5.95 Å². The molecule has 6 nitrogen and oxygen atoms in total. The monoisotopic (exact) mass is 252 g/mol. The molecule has 0 amide bonds. The molecule has 1 fully saturated rings. The Labute approximate surface area is 107 Å². The van der Waals surface area contributed by atoms with Gasteiger partial charge in [-0.3, -0.25) is 0 Å². The topological polar surface area (TPSA) is 69.2 Å². The first-order valence-electron chi connectivity index (χ1n) is 6.49. The second kappa shape index (κ2) is 6.61. The molecule has 1 atom stereocenters. The van der Waals surface area contributed by atoms with Gasteiger partial charge >= 0.3 is 0 Å². The first-order chi connectivity index (χ1) is 8.83. The van der Waals surface area contributed by atoms with Crippen LogP contribution >= 0.6 is 0 Å². The molecule has 1 aliphatic rings. The van der Waals surface area contributed by atoms with Gasteiger partial charge in [-0.15, -0.1) is 5.10 Å². The van der Waals surface area contributed by atoms with Crippen LogP contribution in [0.15, 0.2) is 0 Å². The average Bonchev–Trinajstić information content (AvgIpc) is 2.45. The van der Waals surface area contributed by atoms with Crippen LogP contribution < -0.4 is 5.32 Å². The summed E-state index contributed by atoms with van der Waals surface area (Å²) < 4.78 is 10.9. The van der Waals surface area contributed by atoms with Crippen LogP contribution in [0.1, 0.15) is 25.2 Å². The zero-order valence-electron chi connectivity index (χ0n) is 11.0. The molecule has 1 aromatic rings. The summed E-state index contributed by atoms with van der Waals surface area (Å²) in [4.78, 5) is 4.47. The molecule has 1 unspecified atom stereocenters. The van der Waals surface area contributed by atoms with Crippen LogP contribution in [-0.4, -0.2) is 47.7 Å². The van der Waals surface area contributed by atoms with Gasteiger partial charge in [-0.25, -0.2) is 4.98 Å². The fourth-order valence-corrected chi connectivity index (χ4v) is 1.87. The standard InChI is InChI=1S/C12H20N4O2/c1-3-10-11(4-2)15-16-12(14-10)13-7-9-8-17-5-6-18-9/h9H,3-8H2,1-2H3,(H,13,14,16). The zero-order chi connectivity index (χ0) is 12.8. The van der Waals surface area contributed by atoms with Gasteiger partial charge in [0.1, 0.15) is 0 Å². The SMILES string of the molecule is CCc1nnc(NCC2COCCO2)nc1CC. The molecular formula is C12H20N4O2. The highest BCUT2D eigenvalue weighted by molar-refractivity contribution is 5.25. The lowest BCUT2D eigenvalue weighted by Crippen LogP contribution is -2.34. The van der Waals surface area contributed by atoms with E-state index in [2.05, 4.69) is 34.3 Å². The van der Waals surface area contributed by atoms with E-state index in [1.807, 2.05) is 0 Å². The van der Waals surface area contributed by atoms with Crippen LogP contribution in [0, 0.1) is 0 Å². The molecule has 0 aromatic carbocycles. The largest absolute Gasteiger partial charge is 0.376 e. The lowest BCUT2D eigenvalue weighted by molar-refractivity contribution is -0.0819. The van der Waals surface area contributed by atoms with Crippen molar-refractivity contribution < 1.29 is 9.47 Å². The van der Waals surface area contributed by atoms with Gasteiger partial charge in [-0.1, -0.05) is 13.8 Å². The number of rotatable bonds is 5. The highest BCUT2D eigenvalue weighted by atomic mass is 16.6. The minimum Gasteiger partial charge on any atom is -0.376 e. The molecule has 0 spiro atoms. The molecule has 0 bridgehead atoms. The van der Waals surface area contributed by atoms with Crippen LogP contribution in [0.25, 0.3) is 0 Å². The molecule has 100 valence electrons. The third-order valence-electron chi connectivity index (χ3n) is 2.88. The molecule has 1 saturated heterocycles. The van der Waals surface area contributed by atoms with E-state index in [-0.39, 0.29) is 6.10 Å². The summed E-state index contributed by atoms with van der Waals surface area (Å²) in [6.45, 7) is 6.74. The number of nitrogens with one attached hydrogen (secondary N) is 1. The smallest absolute Gasteiger partial charge is 0.243 e. The predicted octanol–water partition coefficient (Wildman–Crippen LogP) is 0.824. The Morgan fingerprint density at radius 2 is 2.00 bits per heavy atom. The summed E-state index contributed by atoms with van der Waals surface area (Å²) >= 11 is 0. The minimum absolute atomic E-state index is 0.0679. The Bertz CT molecular complexity index is 380. The van der Waals surface area contributed by atoms with Crippen LogP contribution in [0.4, 0.5) is 5.95 Å². The van der Waals surface area contributed by atoms with Crippen LogP contribution in [0.3, 0.4) is 0 Å². The number of aryl methyl sites for hydroxylation is 2. The maximum absolute atomic E-state index is 5.54. The van der Waals surface area contributed by atoms with E-state index in [1.54, 1.807) is 0 Å². The average molecular weight is 252 g/mol. The maximum atomic E-state index is 5.54. The molecular weight excluding hydrogens is 232 g/mol. The van der Waals surface area contributed by atoms with Gasteiger partial charge in [0.25, 0.3) is 0 Å². The highest BCUT2D eigenvalue weighted by Crippen LogP contribution is 2.07. The van der Waals surface area contributed by atoms with Crippen LogP contribution in [-0.2, 0) is 22.3 Å². The first-order valence-corrected chi connectivity index (χ1v) is 6.49. The van der Waals surface area contributed by atoms with Gasteiger partial charge in [-0.2, -0.15) is 5.10 Å². The number of hydrogen-bond donors (Lipinski definition) is 1. The highest BCUT2D eigenvalue weighted by Gasteiger charge is 2.14. The number of anilines is 1. The second-order valence-electron chi connectivity index (χ2n) is 4.18. The predicted molar refractivity (Wildman–Crippen MR) is 67.6 cm³/mol. The van der Waals surface area contributed by atoms with E-state index in [0.29, 0.717) is 32.3 Å². The summed E-state index contributed by atoms with van der Waals surface area (Å²) in [5, 5.41) is 11.4. The number of hydrogen-bond acceptors (Lipinski definition) is 6. The molecule has 2 rings (SSSR count). The van der Waals surface area contributed by atoms with E-state index in [9.17, 15) is 0 Å². The third kappa shape index (κ3) is 3.36. The lowest BCUT2D eigenvalue weighted by Gasteiger charge is -2.23. The molecule has 6 heteroatoms. The summed E-state index contributed by atoms with van der Waals surface area (Å²) in [6.07, 6.45) is 1.80. The first kappa shape index (κ1) is 13.2. The summed E-state index contributed by atoms with van der Waals surface area (Å²) in [7, 11) is 0. The van der Waals surface area contributed by atoms with Crippen molar-refractivity contribution in [1.82, 2.24) is 15.2 Å². The summed E-state index contributed by atoms with van der Waals surface area (Å²) in [5.74, 6) is 0.568. The van der Waals surface area contributed by atoms with Gasteiger partial charge in [0.05, 0.1) is 37.3 Å². The van der Waals surface area contributed by atoms with Crippen molar-refractivity contribution in [2.24, 2.45) is 0 Å². The van der Waals surface area contributed by atoms with Crippen molar-refractivity contribution in [3.8, 4) is 0 Å². The van der Waals surface area contributed by atoms with Crippen molar-refractivity contribution in [3.63, 3.8) is 0 Å². The second-order valence-corrected chi connectivity index (χ2v) is 4.18. The van der Waals surface area contributed by atoms with Crippen molar-refractivity contribution in [1.29, 1.82) is 0 Å². The number of aromatic nitrogens is 3. The summed E-state index contributed by atoms with van der Waals surface area (Å²) in [6, 6.07) is 0.